The molecule has 1 atom stereocenters. The van der Waals surface area contributed by atoms with Crippen LogP contribution in [0.1, 0.15) is 284 Å². The summed E-state index contributed by atoms with van der Waals surface area (Å²) in [6, 6.07) is 0. The molecular weight excluding hydrogens is 772 g/mol. The summed E-state index contributed by atoms with van der Waals surface area (Å²) in [5.74, 6) is -0.868. The van der Waals surface area contributed by atoms with E-state index in [4.69, 9.17) is 19.3 Å². The van der Waals surface area contributed by atoms with E-state index in [0.717, 1.165) is 32.1 Å². The Morgan fingerprint density at radius 1 is 0.417 bits per heavy atom. The number of carbonyl (C=O) groups is 2. The van der Waals surface area contributed by atoms with E-state index in [0.29, 0.717) is 6.42 Å². The Balaban J connectivity index is 3.76. The molecule has 0 rings (SSSR count). The van der Waals surface area contributed by atoms with Crippen LogP contribution in [0.3, 0.4) is 0 Å². The second-order valence-electron chi connectivity index (χ2n) is 17.9. The predicted octanol–water partition coefficient (Wildman–Crippen LogP) is 16.5. The second kappa shape index (κ2) is 47.3. The largest absolute Gasteiger partial charge is 0.469 e. The van der Waals surface area contributed by atoms with Gasteiger partial charge in [-0.25, -0.2) is 4.57 Å². The Labute approximate surface area is 371 Å². The lowest BCUT2D eigenvalue weighted by Gasteiger charge is -2.18. The van der Waals surface area contributed by atoms with Gasteiger partial charge in [0.15, 0.2) is 6.10 Å². The highest BCUT2D eigenvalue weighted by molar-refractivity contribution is 7.46. The summed E-state index contributed by atoms with van der Waals surface area (Å²) < 4.78 is 26.6. The molecule has 2 N–H and O–H groups in total. The Hall–Kier alpha value is -1.21. The molecule has 0 saturated carbocycles. The lowest BCUT2D eigenvalue weighted by molar-refractivity contribution is -0.161. The number of phosphoric acid groups is 1. The number of ether oxygens (including phenoxy) is 2. The second-order valence-corrected chi connectivity index (χ2v) is 19.1. The molecule has 0 radical (unpaired) electrons. The average Bonchev–Trinajstić information content (AvgIpc) is 3.22. The molecule has 0 heterocycles. The average molecular weight is 871 g/mol. The Kier molecular flexibility index (Phi) is 46.3. The molecule has 0 unspecified atom stereocenters. The summed E-state index contributed by atoms with van der Waals surface area (Å²) in [6.07, 6.45) is 55.2. The van der Waals surface area contributed by atoms with Crippen molar-refractivity contribution in [2.75, 3.05) is 13.2 Å². The maximum Gasteiger partial charge on any atom is 0.469 e. The van der Waals surface area contributed by atoms with Gasteiger partial charge in [-0.2, -0.15) is 0 Å². The van der Waals surface area contributed by atoms with Crippen LogP contribution in [-0.4, -0.2) is 41.0 Å². The minimum atomic E-state index is -4.76. The van der Waals surface area contributed by atoms with Crippen LogP contribution in [0.2, 0.25) is 0 Å². The SMILES string of the molecule is CCCCCCCC/C=C/CCCCCCCCCCCC(=O)OC[C@H](COP(=O)(O)O)OC(=O)CCCCCCCCCCCCCCCCCCCCCCCCC. The first kappa shape index (κ1) is 58.8. The molecule has 0 aromatic rings. The van der Waals surface area contributed by atoms with E-state index < -0.39 is 32.5 Å². The highest BCUT2D eigenvalue weighted by atomic mass is 31.2. The van der Waals surface area contributed by atoms with Gasteiger partial charge < -0.3 is 19.3 Å². The van der Waals surface area contributed by atoms with E-state index in [2.05, 4.69) is 30.5 Å². The van der Waals surface area contributed by atoms with Gasteiger partial charge in [0.2, 0.25) is 0 Å². The van der Waals surface area contributed by atoms with Crippen molar-refractivity contribution in [1.29, 1.82) is 0 Å². The fourth-order valence-corrected chi connectivity index (χ4v) is 8.26. The van der Waals surface area contributed by atoms with Gasteiger partial charge >= 0.3 is 19.8 Å². The van der Waals surface area contributed by atoms with Crippen LogP contribution >= 0.6 is 7.82 Å². The lowest BCUT2D eigenvalue weighted by atomic mass is 10.0. The highest BCUT2D eigenvalue weighted by Crippen LogP contribution is 2.36. The number of allylic oxidation sites excluding steroid dienone is 2. The molecule has 0 fully saturated rings. The fraction of sp³-hybridized carbons (Fsp3) is 0.922. The van der Waals surface area contributed by atoms with Gasteiger partial charge in [0, 0.05) is 12.8 Å². The zero-order chi connectivity index (χ0) is 43.9. The summed E-state index contributed by atoms with van der Waals surface area (Å²) in [6.45, 7) is 3.74. The number of rotatable bonds is 49. The Bertz CT molecular complexity index is 982. The molecule has 8 nitrogen and oxygen atoms in total. The minimum Gasteiger partial charge on any atom is -0.462 e. The number of unbranched alkanes of at least 4 members (excludes halogenated alkanes) is 37. The topological polar surface area (TPSA) is 119 Å². The van der Waals surface area contributed by atoms with Gasteiger partial charge in [-0.05, 0) is 38.5 Å². The van der Waals surface area contributed by atoms with Gasteiger partial charge in [-0.3, -0.25) is 14.1 Å². The van der Waals surface area contributed by atoms with Crippen LogP contribution in [0.5, 0.6) is 0 Å². The molecule has 0 aromatic carbocycles. The zero-order valence-corrected chi connectivity index (χ0v) is 40.5. The summed E-state index contributed by atoms with van der Waals surface area (Å²) >= 11 is 0. The van der Waals surface area contributed by atoms with Gasteiger partial charge in [0.05, 0.1) is 6.61 Å². The first-order valence-corrected chi connectivity index (χ1v) is 27.5. The smallest absolute Gasteiger partial charge is 0.462 e. The van der Waals surface area contributed by atoms with Crippen molar-refractivity contribution in [2.45, 2.75) is 290 Å². The first-order chi connectivity index (χ1) is 29.3. The van der Waals surface area contributed by atoms with E-state index in [1.54, 1.807) is 0 Å². The van der Waals surface area contributed by atoms with E-state index in [1.165, 1.54) is 218 Å². The number of hydrogen-bond donors (Lipinski definition) is 2. The van der Waals surface area contributed by atoms with E-state index in [1.807, 2.05) is 0 Å². The third-order valence-electron chi connectivity index (χ3n) is 11.8. The monoisotopic (exact) mass is 871 g/mol. The number of hydrogen-bond acceptors (Lipinski definition) is 6. The molecule has 0 amide bonds. The number of phosphoric ester groups is 1. The van der Waals surface area contributed by atoms with E-state index in [9.17, 15) is 14.2 Å². The summed E-state index contributed by atoms with van der Waals surface area (Å²) in [5, 5.41) is 0. The van der Waals surface area contributed by atoms with Crippen LogP contribution in [-0.2, 0) is 28.2 Å². The molecule has 0 aliphatic carbocycles. The molecule has 9 heteroatoms. The van der Waals surface area contributed by atoms with E-state index in [-0.39, 0.29) is 19.4 Å². The molecular formula is C51H99O8P. The molecule has 0 bridgehead atoms. The van der Waals surface area contributed by atoms with Gasteiger partial charge in [-0.1, -0.05) is 244 Å². The van der Waals surface area contributed by atoms with Crippen molar-refractivity contribution in [3.05, 3.63) is 12.2 Å². The van der Waals surface area contributed by atoms with Crippen LogP contribution in [0.4, 0.5) is 0 Å². The summed E-state index contributed by atoms with van der Waals surface area (Å²) in [4.78, 5) is 43.1. The number of carbonyl (C=O) groups excluding carboxylic acids is 2. The maximum absolute atomic E-state index is 12.5. The highest BCUT2D eigenvalue weighted by Gasteiger charge is 2.23. The normalized spacial score (nSPS) is 12.4. The lowest BCUT2D eigenvalue weighted by Crippen LogP contribution is -2.29. The standard InChI is InChI=1S/C51H99O8P/c1-3-5-7-9-11-13-15-17-19-21-23-24-25-26-28-30-32-34-36-38-40-42-44-46-51(53)59-49(48-58-60(54,55)56)47-57-50(52)45-43-41-39-37-35-33-31-29-27-22-20-18-16-14-12-10-8-6-4-2/h18,20,49H,3-17,19,21-48H2,1-2H3,(H2,54,55,56)/b20-18+/t49-/m1/s1. The minimum absolute atomic E-state index is 0.219. The van der Waals surface area contributed by atoms with Crippen LogP contribution in [0.25, 0.3) is 0 Å². The predicted molar refractivity (Wildman–Crippen MR) is 253 cm³/mol. The van der Waals surface area contributed by atoms with Crippen molar-refractivity contribution in [1.82, 2.24) is 0 Å². The van der Waals surface area contributed by atoms with Crippen LogP contribution < -0.4 is 0 Å². The third-order valence-corrected chi connectivity index (χ3v) is 12.3. The molecule has 0 aromatic heterocycles. The van der Waals surface area contributed by atoms with Gasteiger partial charge in [0.1, 0.15) is 6.61 Å². The number of esters is 2. The summed E-state index contributed by atoms with van der Waals surface area (Å²) in [7, 11) is -4.76. The molecule has 0 saturated heterocycles. The molecule has 356 valence electrons. The third kappa shape index (κ3) is 49.4. The van der Waals surface area contributed by atoms with Crippen molar-refractivity contribution in [3.8, 4) is 0 Å². The summed E-state index contributed by atoms with van der Waals surface area (Å²) in [5.41, 5.74) is 0. The van der Waals surface area contributed by atoms with Crippen LogP contribution in [0, 0.1) is 0 Å². The maximum atomic E-state index is 12.5. The van der Waals surface area contributed by atoms with E-state index >= 15 is 0 Å². The first-order valence-electron chi connectivity index (χ1n) is 26.0. The van der Waals surface area contributed by atoms with Crippen molar-refractivity contribution in [3.63, 3.8) is 0 Å². The van der Waals surface area contributed by atoms with Gasteiger partial charge in [-0.15, -0.1) is 0 Å². The van der Waals surface area contributed by atoms with Crippen molar-refractivity contribution >= 4 is 19.8 Å². The van der Waals surface area contributed by atoms with Crippen LogP contribution in [0.15, 0.2) is 12.2 Å². The molecule has 60 heavy (non-hydrogen) atoms. The Morgan fingerprint density at radius 3 is 1.02 bits per heavy atom. The zero-order valence-electron chi connectivity index (χ0n) is 39.6. The molecule has 0 aliphatic rings. The molecule has 0 spiro atoms. The van der Waals surface area contributed by atoms with Crippen molar-refractivity contribution in [2.24, 2.45) is 0 Å². The quantitative estimate of drug-likeness (QED) is 0.0268. The molecule has 0 aliphatic heterocycles. The van der Waals surface area contributed by atoms with Gasteiger partial charge in [0.25, 0.3) is 0 Å². The Morgan fingerprint density at radius 2 is 0.700 bits per heavy atom. The fourth-order valence-electron chi connectivity index (χ4n) is 7.90. The van der Waals surface area contributed by atoms with Crippen molar-refractivity contribution < 1.29 is 37.9 Å².